The number of nitrogens with one attached hydrogen (secondary N) is 1. The summed E-state index contributed by atoms with van der Waals surface area (Å²) in [4.78, 5) is 22.8. The Hall–Kier alpha value is -1.30. The molecular formula is C12H23N3O3. The smallest absolute Gasteiger partial charge is 0.346 e. The number of hydrogen-bond acceptors (Lipinski definition) is 3. The van der Waals surface area contributed by atoms with Gasteiger partial charge in [-0.2, -0.15) is 0 Å². The Morgan fingerprint density at radius 3 is 2.44 bits per heavy atom. The molecule has 1 aromatic rings. The van der Waals surface area contributed by atoms with Crippen LogP contribution < -0.4 is 11.4 Å². The van der Waals surface area contributed by atoms with E-state index in [1.54, 1.807) is 6.92 Å². The Labute approximate surface area is 106 Å². The third-order valence-electron chi connectivity index (χ3n) is 3.25. The Morgan fingerprint density at radius 1 is 1.28 bits per heavy atom. The molecule has 0 radical (unpaired) electrons. The van der Waals surface area contributed by atoms with Crippen LogP contribution in [0.15, 0.2) is 9.59 Å². The minimum atomic E-state index is -0.790. The van der Waals surface area contributed by atoms with Gasteiger partial charge >= 0.3 is 11.4 Å². The zero-order valence-electron chi connectivity index (χ0n) is 11.4. The highest BCUT2D eigenvalue weighted by Gasteiger charge is 2.20. The second kappa shape index (κ2) is 6.04. The molecule has 1 atom stereocenters. The van der Waals surface area contributed by atoms with Crippen molar-refractivity contribution in [3.05, 3.63) is 21.0 Å². The van der Waals surface area contributed by atoms with Crippen LogP contribution in [-0.4, -0.2) is 25.1 Å². The van der Waals surface area contributed by atoms with E-state index in [0.29, 0.717) is 19.4 Å². The summed E-state index contributed by atoms with van der Waals surface area (Å²) in [5.74, 6) is 0. The van der Waals surface area contributed by atoms with Crippen molar-refractivity contribution in [2.45, 2.75) is 58.1 Å². The van der Waals surface area contributed by atoms with Gasteiger partial charge in [0, 0.05) is 13.6 Å². The fraction of sp³-hybridized carbons (Fsp3) is 0.833. The molecule has 1 rings (SSSR count). The first kappa shape index (κ1) is 14.8. The van der Waals surface area contributed by atoms with Gasteiger partial charge in [0.15, 0.2) is 0 Å². The first-order valence-corrected chi connectivity index (χ1v) is 6.45. The molecule has 0 fully saturated rings. The zero-order valence-corrected chi connectivity index (χ0v) is 11.4. The van der Waals surface area contributed by atoms with Crippen molar-refractivity contribution in [2.24, 2.45) is 7.05 Å². The summed E-state index contributed by atoms with van der Waals surface area (Å²) in [6.45, 7) is 4.21. The van der Waals surface area contributed by atoms with Gasteiger partial charge < -0.3 is 5.11 Å². The molecule has 0 aliphatic rings. The lowest BCUT2D eigenvalue weighted by Gasteiger charge is -2.22. The number of hydrogen-bond donors (Lipinski definition) is 2. The van der Waals surface area contributed by atoms with Crippen LogP contribution in [-0.2, 0) is 13.6 Å². The molecule has 0 bridgehead atoms. The molecule has 1 aromatic heterocycles. The number of aliphatic hydroxyl groups is 1. The van der Waals surface area contributed by atoms with Crippen LogP contribution in [0.3, 0.4) is 0 Å². The van der Waals surface area contributed by atoms with Crippen LogP contribution in [0.5, 0.6) is 0 Å². The molecule has 0 saturated heterocycles. The van der Waals surface area contributed by atoms with Gasteiger partial charge in [-0.3, -0.25) is 0 Å². The SMILES string of the molecule is CCCCCC(C)(O)CCn1[nH]c(=O)n(C)c1=O. The molecule has 0 aliphatic carbocycles. The van der Waals surface area contributed by atoms with E-state index in [-0.39, 0.29) is 5.69 Å². The van der Waals surface area contributed by atoms with Gasteiger partial charge in [0.2, 0.25) is 0 Å². The summed E-state index contributed by atoms with van der Waals surface area (Å²) in [6.07, 6.45) is 4.35. The number of unbranched alkanes of at least 4 members (excludes halogenated alkanes) is 2. The molecule has 6 nitrogen and oxygen atoms in total. The maximum absolute atomic E-state index is 11.6. The predicted molar refractivity (Wildman–Crippen MR) is 69.7 cm³/mol. The lowest BCUT2D eigenvalue weighted by atomic mass is 9.95. The normalized spacial score (nSPS) is 14.7. The van der Waals surface area contributed by atoms with E-state index in [1.807, 2.05) is 0 Å². The van der Waals surface area contributed by atoms with E-state index in [2.05, 4.69) is 12.0 Å². The fourth-order valence-electron chi connectivity index (χ4n) is 1.89. The summed E-state index contributed by atoms with van der Waals surface area (Å²) in [6, 6.07) is 0. The Bertz CT molecular complexity index is 481. The van der Waals surface area contributed by atoms with Gasteiger partial charge in [-0.25, -0.2) is 23.9 Å². The fourth-order valence-corrected chi connectivity index (χ4v) is 1.89. The van der Waals surface area contributed by atoms with E-state index in [9.17, 15) is 14.7 Å². The maximum atomic E-state index is 11.6. The molecule has 104 valence electrons. The van der Waals surface area contributed by atoms with Gasteiger partial charge in [-0.1, -0.05) is 26.2 Å². The predicted octanol–water partition coefficient (Wildman–Crippen LogP) is 0.597. The third-order valence-corrected chi connectivity index (χ3v) is 3.25. The summed E-state index contributed by atoms with van der Waals surface area (Å²) < 4.78 is 2.27. The lowest BCUT2D eigenvalue weighted by molar-refractivity contribution is 0.0338. The van der Waals surface area contributed by atoms with Crippen LogP contribution in [0, 0.1) is 0 Å². The first-order valence-electron chi connectivity index (χ1n) is 6.45. The van der Waals surface area contributed by atoms with E-state index in [4.69, 9.17) is 0 Å². The Kier molecular flexibility index (Phi) is 4.95. The van der Waals surface area contributed by atoms with E-state index < -0.39 is 11.3 Å². The van der Waals surface area contributed by atoms with Crippen molar-refractivity contribution in [1.82, 2.24) is 14.3 Å². The van der Waals surface area contributed by atoms with Crippen molar-refractivity contribution in [3.63, 3.8) is 0 Å². The standard InChI is InChI=1S/C12H23N3O3/c1-4-5-6-7-12(2,18)8-9-15-11(17)14(3)10(16)13-15/h18H,4-9H2,1-3H3,(H,13,16). The van der Waals surface area contributed by atoms with Crippen molar-refractivity contribution in [1.29, 1.82) is 0 Å². The summed E-state index contributed by atoms with van der Waals surface area (Å²) in [5.41, 5.74) is -1.59. The highest BCUT2D eigenvalue weighted by Crippen LogP contribution is 2.18. The van der Waals surface area contributed by atoms with E-state index >= 15 is 0 Å². The van der Waals surface area contributed by atoms with Gasteiger partial charge in [0.05, 0.1) is 5.60 Å². The largest absolute Gasteiger partial charge is 0.390 e. The van der Waals surface area contributed by atoms with Crippen LogP contribution in [0.25, 0.3) is 0 Å². The molecule has 0 saturated carbocycles. The molecular weight excluding hydrogens is 234 g/mol. The molecule has 1 heterocycles. The minimum Gasteiger partial charge on any atom is -0.390 e. The van der Waals surface area contributed by atoms with Gasteiger partial charge in [0.25, 0.3) is 0 Å². The summed E-state index contributed by atoms with van der Waals surface area (Å²) >= 11 is 0. The molecule has 2 N–H and O–H groups in total. The number of rotatable bonds is 7. The topological polar surface area (TPSA) is 80.0 Å². The van der Waals surface area contributed by atoms with Gasteiger partial charge in [-0.05, 0) is 19.8 Å². The second-order valence-corrected chi connectivity index (χ2v) is 5.11. The number of nitrogens with zero attached hydrogens (tertiary/aromatic N) is 2. The van der Waals surface area contributed by atoms with Crippen LogP contribution >= 0.6 is 0 Å². The summed E-state index contributed by atoms with van der Waals surface area (Å²) in [5, 5.41) is 12.6. The second-order valence-electron chi connectivity index (χ2n) is 5.11. The quantitative estimate of drug-likeness (QED) is 0.702. The van der Waals surface area contributed by atoms with Crippen LogP contribution in [0.2, 0.25) is 0 Å². The highest BCUT2D eigenvalue weighted by atomic mass is 16.3. The number of aryl methyl sites for hydroxylation is 1. The molecule has 0 amide bonds. The molecule has 0 aromatic carbocycles. The molecule has 18 heavy (non-hydrogen) atoms. The zero-order chi connectivity index (χ0) is 13.8. The number of aromatic amines is 1. The average Bonchev–Trinajstić information content (AvgIpc) is 2.55. The number of H-pyrrole nitrogens is 1. The van der Waals surface area contributed by atoms with Gasteiger partial charge in [-0.15, -0.1) is 0 Å². The molecule has 1 unspecified atom stereocenters. The molecule has 0 aliphatic heterocycles. The Morgan fingerprint density at radius 2 is 1.94 bits per heavy atom. The highest BCUT2D eigenvalue weighted by molar-refractivity contribution is 4.74. The van der Waals surface area contributed by atoms with E-state index in [1.165, 1.54) is 11.7 Å². The van der Waals surface area contributed by atoms with Gasteiger partial charge in [0.1, 0.15) is 0 Å². The van der Waals surface area contributed by atoms with Crippen molar-refractivity contribution in [3.8, 4) is 0 Å². The number of aromatic nitrogens is 3. The van der Waals surface area contributed by atoms with Crippen molar-refractivity contribution >= 4 is 0 Å². The third kappa shape index (κ3) is 3.87. The molecule has 6 heteroatoms. The minimum absolute atomic E-state index is 0.327. The average molecular weight is 257 g/mol. The monoisotopic (exact) mass is 257 g/mol. The van der Waals surface area contributed by atoms with Crippen molar-refractivity contribution < 1.29 is 5.11 Å². The lowest BCUT2D eigenvalue weighted by Crippen LogP contribution is -2.30. The van der Waals surface area contributed by atoms with Crippen molar-refractivity contribution in [2.75, 3.05) is 0 Å². The Balaban J connectivity index is 2.56. The van der Waals surface area contributed by atoms with Crippen LogP contribution in [0.1, 0.15) is 46.0 Å². The van der Waals surface area contributed by atoms with Crippen LogP contribution in [0.4, 0.5) is 0 Å². The first-order chi connectivity index (χ1) is 8.37. The van der Waals surface area contributed by atoms with E-state index in [0.717, 1.165) is 23.8 Å². The molecule has 0 spiro atoms. The maximum Gasteiger partial charge on any atom is 0.346 e. The summed E-state index contributed by atoms with van der Waals surface area (Å²) in [7, 11) is 1.43.